The largest absolute Gasteiger partial charge is 0.490 e. The molecule has 0 fully saturated rings. The lowest BCUT2D eigenvalue weighted by atomic mass is 10.1. The quantitative estimate of drug-likeness (QED) is 0.908. The molecule has 1 rings (SSSR count). The molecule has 0 amide bonds. The van der Waals surface area contributed by atoms with Crippen LogP contribution in [-0.2, 0) is 0 Å². The Morgan fingerprint density at radius 2 is 2.07 bits per heavy atom. The summed E-state index contributed by atoms with van der Waals surface area (Å²) in [6.45, 7) is 6.13. The summed E-state index contributed by atoms with van der Waals surface area (Å²) in [6, 6.07) is 5.97. The third-order valence-electron chi connectivity index (χ3n) is 2.37. The van der Waals surface area contributed by atoms with Crippen molar-refractivity contribution in [3.8, 4) is 5.75 Å². The number of benzene rings is 1. The van der Waals surface area contributed by atoms with Gasteiger partial charge >= 0.3 is 0 Å². The SMILES string of the molecule is CCC(C)Oc1cc(Br)ccc1[C@@H](C)N. The molecule has 0 aromatic heterocycles. The molecule has 0 bridgehead atoms. The van der Waals surface area contributed by atoms with Crippen molar-refractivity contribution >= 4 is 15.9 Å². The van der Waals surface area contributed by atoms with Crippen LogP contribution >= 0.6 is 15.9 Å². The van der Waals surface area contributed by atoms with Gasteiger partial charge in [-0.05, 0) is 32.4 Å². The highest BCUT2D eigenvalue weighted by molar-refractivity contribution is 9.10. The van der Waals surface area contributed by atoms with Gasteiger partial charge in [0.05, 0.1) is 6.10 Å². The number of nitrogens with two attached hydrogens (primary N) is 1. The average Bonchev–Trinajstić information content (AvgIpc) is 2.17. The van der Waals surface area contributed by atoms with Crippen LogP contribution < -0.4 is 10.5 Å². The molecule has 1 unspecified atom stereocenters. The molecule has 0 radical (unpaired) electrons. The summed E-state index contributed by atoms with van der Waals surface area (Å²) in [5.41, 5.74) is 6.94. The Morgan fingerprint density at radius 1 is 1.40 bits per heavy atom. The van der Waals surface area contributed by atoms with Gasteiger partial charge in [-0.2, -0.15) is 0 Å². The summed E-state index contributed by atoms with van der Waals surface area (Å²) < 4.78 is 6.85. The number of halogens is 1. The lowest BCUT2D eigenvalue weighted by Crippen LogP contribution is -2.14. The maximum Gasteiger partial charge on any atom is 0.125 e. The van der Waals surface area contributed by atoms with Crippen molar-refractivity contribution in [2.24, 2.45) is 5.73 Å². The normalized spacial score (nSPS) is 14.7. The molecular weight excluding hydrogens is 254 g/mol. The molecule has 1 aromatic rings. The lowest BCUT2D eigenvalue weighted by molar-refractivity contribution is 0.214. The van der Waals surface area contributed by atoms with Crippen molar-refractivity contribution in [3.05, 3.63) is 28.2 Å². The van der Waals surface area contributed by atoms with Crippen LogP contribution in [0.3, 0.4) is 0 Å². The van der Waals surface area contributed by atoms with E-state index in [9.17, 15) is 0 Å². The second-order valence-electron chi connectivity index (χ2n) is 3.81. The third kappa shape index (κ3) is 3.50. The summed E-state index contributed by atoms with van der Waals surface area (Å²) in [4.78, 5) is 0. The fraction of sp³-hybridized carbons (Fsp3) is 0.500. The summed E-state index contributed by atoms with van der Waals surface area (Å²) >= 11 is 3.44. The highest BCUT2D eigenvalue weighted by Crippen LogP contribution is 2.28. The molecule has 15 heavy (non-hydrogen) atoms. The van der Waals surface area contributed by atoms with E-state index in [0.29, 0.717) is 0 Å². The lowest BCUT2D eigenvalue weighted by Gasteiger charge is -2.18. The van der Waals surface area contributed by atoms with Gasteiger partial charge in [-0.1, -0.05) is 28.9 Å². The standard InChI is InChI=1S/C12H18BrNO/c1-4-8(2)15-12-7-10(13)5-6-11(12)9(3)14/h5-9H,4,14H2,1-3H3/t8?,9-/m1/s1. The van der Waals surface area contributed by atoms with E-state index in [-0.39, 0.29) is 12.1 Å². The molecular formula is C12H18BrNO. The Bertz CT molecular complexity index is 325. The first-order valence-electron chi connectivity index (χ1n) is 5.26. The second kappa shape index (κ2) is 5.52. The van der Waals surface area contributed by atoms with Gasteiger partial charge in [0.25, 0.3) is 0 Å². The first kappa shape index (κ1) is 12.5. The van der Waals surface area contributed by atoms with Gasteiger partial charge in [-0.25, -0.2) is 0 Å². The molecule has 1 aromatic carbocycles. The van der Waals surface area contributed by atoms with Crippen LogP contribution in [0.2, 0.25) is 0 Å². The van der Waals surface area contributed by atoms with Crippen molar-refractivity contribution < 1.29 is 4.74 Å². The zero-order valence-corrected chi connectivity index (χ0v) is 11.0. The average molecular weight is 272 g/mol. The summed E-state index contributed by atoms with van der Waals surface area (Å²) in [6.07, 6.45) is 1.21. The van der Waals surface area contributed by atoms with Gasteiger partial charge in [0, 0.05) is 16.1 Å². The fourth-order valence-corrected chi connectivity index (χ4v) is 1.63. The highest BCUT2D eigenvalue weighted by Gasteiger charge is 2.10. The zero-order chi connectivity index (χ0) is 11.4. The van der Waals surface area contributed by atoms with Gasteiger partial charge in [0.15, 0.2) is 0 Å². The molecule has 2 atom stereocenters. The van der Waals surface area contributed by atoms with Gasteiger partial charge in [-0.3, -0.25) is 0 Å². The minimum atomic E-state index is -0.00263. The molecule has 0 aliphatic heterocycles. The van der Waals surface area contributed by atoms with Crippen LogP contribution in [0.1, 0.15) is 38.8 Å². The minimum Gasteiger partial charge on any atom is -0.490 e. The summed E-state index contributed by atoms with van der Waals surface area (Å²) in [7, 11) is 0. The first-order valence-corrected chi connectivity index (χ1v) is 6.05. The van der Waals surface area contributed by atoms with Crippen LogP contribution in [0.5, 0.6) is 5.75 Å². The Labute approximate surface area is 99.9 Å². The number of hydrogen-bond acceptors (Lipinski definition) is 2. The molecule has 2 N–H and O–H groups in total. The Balaban J connectivity index is 2.96. The highest BCUT2D eigenvalue weighted by atomic mass is 79.9. The van der Waals surface area contributed by atoms with Crippen molar-refractivity contribution in [2.75, 3.05) is 0 Å². The fourth-order valence-electron chi connectivity index (χ4n) is 1.29. The predicted octanol–water partition coefficient (Wildman–Crippen LogP) is 3.65. The van der Waals surface area contributed by atoms with E-state index < -0.39 is 0 Å². The second-order valence-corrected chi connectivity index (χ2v) is 4.72. The Kier molecular flexibility index (Phi) is 4.61. The summed E-state index contributed by atoms with van der Waals surface area (Å²) in [5, 5.41) is 0. The minimum absolute atomic E-state index is 0.00263. The van der Waals surface area contributed by atoms with Gasteiger partial charge in [-0.15, -0.1) is 0 Å². The maximum atomic E-state index is 5.89. The molecule has 0 saturated heterocycles. The third-order valence-corrected chi connectivity index (χ3v) is 2.86. The summed E-state index contributed by atoms with van der Waals surface area (Å²) in [5.74, 6) is 0.883. The van der Waals surface area contributed by atoms with E-state index in [1.54, 1.807) is 0 Å². The number of ether oxygens (including phenoxy) is 1. The Hall–Kier alpha value is -0.540. The molecule has 0 heterocycles. The van der Waals surface area contributed by atoms with E-state index in [0.717, 1.165) is 22.2 Å². The predicted molar refractivity (Wildman–Crippen MR) is 67.1 cm³/mol. The molecule has 84 valence electrons. The molecule has 0 spiro atoms. The number of hydrogen-bond donors (Lipinski definition) is 1. The molecule has 3 heteroatoms. The van der Waals surface area contributed by atoms with Gasteiger partial charge in [0.1, 0.15) is 5.75 Å². The topological polar surface area (TPSA) is 35.2 Å². The first-order chi connectivity index (χ1) is 7.04. The number of rotatable bonds is 4. The maximum absolute atomic E-state index is 5.89. The monoisotopic (exact) mass is 271 g/mol. The molecule has 0 saturated carbocycles. The van der Waals surface area contributed by atoms with Crippen molar-refractivity contribution in [3.63, 3.8) is 0 Å². The van der Waals surface area contributed by atoms with Crippen molar-refractivity contribution in [2.45, 2.75) is 39.3 Å². The molecule has 2 nitrogen and oxygen atoms in total. The van der Waals surface area contributed by atoms with Crippen molar-refractivity contribution in [1.82, 2.24) is 0 Å². The van der Waals surface area contributed by atoms with Crippen LogP contribution in [0.15, 0.2) is 22.7 Å². The van der Waals surface area contributed by atoms with Crippen LogP contribution in [-0.4, -0.2) is 6.10 Å². The van der Waals surface area contributed by atoms with E-state index in [1.165, 1.54) is 0 Å². The van der Waals surface area contributed by atoms with E-state index in [4.69, 9.17) is 10.5 Å². The Morgan fingerprint density at radius 3 is 2.60 bits per heavy atom. The van der Waals surface area contributed by atoms with Gasteiger partial charge < -0.3 is 10.5 Å². The van der Waals surface area contributed by atoms with E-state index >= 15 is 0 Å². The van der Waals surface area contributed by atoms with Crippen molar-refractivity contribution in [1.29, 1.82) is 0 Å². The zero-order valence-electron chi connectivity index (χ0n) is 9.46. The van der Waals surface area contributed by atoms with Gasteiger partial charge in [0.2, 0.25) is 0 Å². The van der Waals surface area contributed by atoms with Crippen LogP contribution in [0, 0.1) is 0 Å². The van der Waals surface area contributed by atoms with Crippen LogP contribution in [0.4, 0.5) is 0 Å². The molecule has 0 aliphatic carbocycles. The smallest absolute Gasteiger partial charge is 0.125 e. The van der Waals surface area contributed by atoms with E-state index in [2.05, 4.69) is 29.8 Å². The molecule has 0 aliphatic rings. The van der Waals surface area contributed by atoms with E-state index in [1.807, 2.05) is 25.1 Å². The van der Waals surface area contributed by atoms with Crippen LogP contribution in [0.25, 0.3) is 0 Å².